The summed E-state index contributed by atoms with van der Waals surface area (Å²) in [6, 6.07) is 7.67. The van der Waals surface area contributed by atoms with Crippen molar-refractivity contribution in [2.75, 3.05) is 6.61 Å². The van der Waals surface area contributed by atoms with Gasteiger partial charge in [-0.25, -0.2) is 4.68 Å². The highest BCUT2D eigenvalue weighted by atomic mass is 16.7. The van der Waals surface area contributed by atoms with Gasteiger partial charge in [0.05, 0.1) is 18.5 Å². The van der Waals surface area contributed by atoms with Crippen LogP contribution in [0.15, 0.2) is 30.5 Å². The quantitative estimate of drug-likeness (QED) is 0.676. The molecule has 1 aromatic carbocycles. The molecule has 0 radical (unpaired) electrons. The summed E-state index contributed by atoms with van der Waals surface area (Å²) in [4.78, 5) is 21.8. The number of aldehydes is 1. The van der Waals surface area contributed by atoms with Gasteiger partial charge in [0, 0.05) is 26.0 Å². The molecule has 1 fully saturated rings. The van der Waals surface area contributed by atoms with Crippen molar-refractivity contribution in [3.8, 4) is 5.69 Å². The first kappa shape index (κ1) is 19.2. The zero-order valence-corrected chi connectivity index (χ0v) is 15.2. The van der Waals surface area contributed by atoms with Crippen LogP contribution in [0, 0.1) is 0 Å². The molecule has 8 nitrogen and oxygen atoms in total. The first-order chi connectivity index (χ1) is 13.2. The molecular formula is C19H24N4O4. The smallest absolute Gasteiger partial charge is 0.220 e. The third kappa shape index (κ3) is 5.97. The predicted octanol–water partition coefficient (Wildman–Crippen LogP) is 1.91. The first-order valence-corrected chi connectivity index (χ1v) is 9.18. The molecule has 144 valence electrons. The number of ether oxygens (including phenoxy) is 2. The highest BCUT2D eigenvalue weighted by Gasteiger charge is 2.15. The van der Waals surface area contributed by atoms with E-state index in [1.807, 2.05) is 30.5 Å². The van der Waals surface area contributed by atoms with Crippen LogP contribution in [0.2, 0.25) is 0 Å². The largest absolute Gasteiger partial charge is 0.353 e. The minimum Gasteiger partial charge on any atom is -0.353 e. The van der Waals surface area contributed by atoms with Gasteiger partial charge in [-0.2, -0.15) is 0 Å². The Morgan fingerprint density at radius 1 is 1.33 bits per heavy atom. The molecule has 1 unspecified atom stereocenters. The molecule has 1 atom stereocenters. The number of hydrogen-bond acceptors (Lipinski definition) is 6. The Labute approximate surface area is 157 Å². The van der Waals surface area contributed by atoms with Crippen molar-refractivity contribution in [1.82, 2.24) is 20.3 Å². The monoisotopic (exact) mass is 372 g/mol. The summed E-state index contributed by atoms with van der Waals surface area (Å²) in [5, 5.41) is 11.0. The van der Waals surface area contributed by atoms with Crippen molar-refractivity contribution in [2.45, 2.75) is 51.5 Å². The van der Waals surface area contributed by atoms with Gasteiger partial charge < -0.3 is 19.6 Å². The fraction of sp³-hybridized carbons (Fsp3) is 0.474. The van der Waals surface area contributed by atoms with Gasteiger partial charge in [0.25, 0.3) is 0 Å². The number of carbonyl (C=O) groups is 2. The van der Waals surface area contributed by atoms with Crippen LogP contribution < -0.4 is 5.32 Å². The summed E-state index contributed by atoms with van der Waals surface area (Å²) in [6.45, 7) is 1.55. The molecule has 1 aliphatic rings. The van der Waals surface area contributed by atoms with Crippen LogP contribution in [0.5, 0.6) is 0 Å². The predicted molar refractivity (Wildman–Crippen MR) is 96.9 cm³/mol. The Balaban J connectivity index is 1.49. The lowest BCUT2D eigenvalue weighted by atomic mass is 10.2. The SMILES string of the molecule is O=CCCC(=O)NCc1ccc(-n2cc(COC3CCCCO3)nn2)cc1. The Morgan fingerprint density at radius 3 is 2.93 bits per heavy atom. The minimum atomic E-state index is -0.148. The van der Waals surface area contributed by atoms with Gasteiger partial charge in [-0.15, -0.1) is 5.10 Å². The van der Waals surface area contributed by atoms with E-state index in [1.54, 1.807) is 4.68 Å². The van der Waals surface area contributed by atoms with Crippen molar-refractivity contribution in [3.63, 3.8) is 0 Å². The number of nitrogens with one attached hydrogen (secondary N) is 1. The summed E-state index contributed by atoms with van der Waals surface area (Å²) in [5.74, 6) is -0.131. The van der Waals surface area contributed by atoms with E-state index in [4.69, 9.17) is 9.47 Å². The molecule has 0 spiro atoms. The Bertz CT molecular complexity index is 738. The van der Waals surface area contributed by atoms with Gasteiger partial charge >= 0.3 is 0 Å². The fourth-order valence-electron chi connectivity index (χ4n) is 2.76. The summed E-state index contributed by atoms with van der Waals surface area (Å²) >= 11 is 0. The molecule has 1 aliphatic heterocycles. The van der Waals surface area contributed by atoms with Crippen molar-refractivity contribution >= 4 is 12.2 Å². The third-order valence-electron chi connectivity index (χ3n) is 4.28. The second-order valence-electron chi connectivity index (χ2n) is 6.41. The average Bonchev–Trinajstić information content (AvgIpc) is 3.19. The van der Waals surface area contributed by atoms with Crippen molar-refractivity contribution in [1.29, 1.82) is 0 Å². The molecule has 2 heterocycles. The summed E-state index contributed by atoms with van der Waals surface area (Å²) in [7, 11) is 0. The molecule has 0 aliphatic carbocycles. The second kappa shape index (κ2) is 9.94. The van der Waals surface area contributed by atoms with Crippen LogP contribution in [-0.4, -0.2) is 40.1 Å². The van der Waals surface area contributed by atoms with Crippen molar-refractivity contribution in [2.24, 2.45) is 0 Å². The molecule has 1 N–H and O–H groups in total. The normalized spacial score (nSPS) is 16.8. The molecular weight excluding hydrogens is 348 g/mol. The van der Waals surface area contributed by atoms with E-state index in [0.717, 1.165) is 49.1 Å². The zero-order valence-electron chi connectivity index (χ0n) is 15.2. The lowest BCUT2D eigenvalue weighted by Crippen LogP contribution is -2.22. The highest BCUT2D eigenvalue weighted by Crippen LogP contribution is 2.15. The second-order valence-corrected chi connectivity index (χ2v) is 6.41. The van der Waals surface area contributed by atoms with Crippen LogP contribution in [0.25, 0.3) is 5.69 Å². The maximum Gasteiger partial charge on any atom is 0.220 e. The Hall–Kier alpha value is -2.58. The molecule has 0 bridgehead atoms. The highest BCUT2D eigenvalue weighted by molar-refractivity contribution is 5.78. The number of nitrogens with zero attached hydrogens (tertiary/aromatic N) is 3. The molecule has 1 aromatic heterocycles. The van der Waals surface area contributed by atoms with Crippen LogP contribution in [0.3, 0.4) is 0 Å². The average molecular weight is 372 g/mol. The molecule has 8 heteroatoms. The van der Waals surface area contributed by atoms with E-state index in [2.05, 4.69) is 15.6 Å². The van der Waals surface area contributed by atoms with E-state index in [-0.39, 0.29) is 25.0 Å². The molecule has 27 heavy (non-hydrogen) atoms. The summed E-state index contributed by atoms with van der Waals surface area (Å²) in [6.07, 6.45) is 6.03. The van der Waals surface area contributed by atoms with Crippen LogP contribution in [-0.2, 0) is 32.2 Å². The number of hydrogen-bond donors (Lipinski definition) is 1. The fourth-order valence-corrected chi connectivity index (χ4v) is 2.76. The third-order valence-corrected chi connectivity index (χ3v) is 4.28. The lowest BCUT2D eigenvalue weighted by molar-refractivity contribution is -0.169. The van der Waals surface area contributed by atoms with Crippen molar-refractivity contribution < 1.29 is 19.1 Å². The standard InChI is InChI=1S/C19H24N4O4/c24-10-3-4-18(25)20-12-15-6-8-17(9-7-15)23-13-16(21-22-23)14-27-19-5-1-2-11-26-19/h6-10,13,19H,1-5,11-12,14H2,(H,20,25). The van der Waals surface area contributed by atoms with Gasteiger partial charge in [0.1, 0.15) is 12.0 Å². The van der Waals surface area contributed by atoms with Crippen LogP contribution in [0.1, 0.15) is 43.4 Å². The topological polar surface area (TPSA) is 95.3 Å². The van der Waals surface area contributed by atoms with Gasteiger partial charge in [0.2, 0.25) is 5.91 Å². The molecule has 1 amide bonds. The van der Waals surface area contributed by atoms with Gasteiger partial charge in [-0.1, -0.05) is 17.3 Å². The van der Waals surface area contributed by atoms with E-state index >= 15 is 0 Å². The van der Waals surface area contributed by atoms with E-state index in [0.29, 0.717) is 13.2 Å². The van der Waals surface area contributed by atoms with E-state index in [9.17, 15) is 9.59 Å². The molecule has 1 saturated heterocycles. The number of amides is 1. The van der Waals surface area contributed by atoms with Crippen molar-refractivity contribution in [3.05, 3.63) is 41.7 Å². The zero-order chi connectivity index (χ0) is 18.9. The number of rotatable bonds is 9. The van der Waals surface area contributed by atoms with E-state index < -0.39 is 0 Å². The first-order valence-electron chi connectivity index (χ1n) is 9.18. The number of benzene rings is 1. The van der Waals surface area contributed by atoms with Gasteiger partial charge in [-0.3, -0.25) is 4.79 Å². The Kier molecular flexibility index (Phi) is 7.06. The van der Waals surface area contributed by atoms with Crippen LogP contribution >= 0.6 is 0 Å². The molecule has 0 saturated carbocycles. The van der Waals surface area contributed by atoms with E-state index in [1.165, 1.54) is 0 Å². The lowest BCUT2D eigenvalue weighted by Gasteiger charge is -2.22. The molecule has 2 aromatic rings. The minimum absolute atomic E-state index is 0.131. The number of carbonyl (C=O) groups excluding carboxylic acids is 2. The maximum atomic E-state index is 11.5. The van der Waals surface area contributed by atoms with Crippen LogP contribution in [0.4, 0.5) is 0 Å². The van der Waals surface area contributed by atoms with Gasteiger partial charge in [-0.05, 0) is 37.0 Å². The Morgan fingerprint density at radius 2 is 2.19 bits per heavy atom. The molecule has 3 rings (SSSR count). The van der Waals surface area contributed by atoms with Gasteiger partial charge in [0.15, 0.2) is 6.29 Å². The summed E-state index contributed by atoms with van der Waals surface area (Å²) < 4.78 is 12.9. The summed E-state index contributed by atoms with van der Waals surface area (Å²) in [5.41, 5.74) is 2.59. The maximum absolute atomic E-state index is 11.5. The number of aromatic nitrogens is 3.